The van der Waals surface area contributed by atoms with Gasteiger partial charge in [0.1, 0.15) is 0 Å². The van der Waals surface area contributed by atoms with Crippen molar-refractivity contribution in [1.82, 2.24) is 0 Å². The number of rotatable bonds is 8. The van der Waals surface area contributed by atoms with Crippen LogP contribution < -0.4 is 0 Å². The second kappa shape index (κ2) is 8.48. The lowest BCUT2D eigenvalue weighted by molar-refractivity contribution is 0.0442. The quantitative estimate of drug-likeness (QED) is 0.385. The van der Waals surface area contributed by atoms with Crippen LogP contribution in [0.1, 0.15) is 64.7 Å². The number of hydrogen-bond donors (Lipinski definition) is 0. The molecule has 1 fully saturated rings. The molecule has 114 valence electrons. The van der Waals surface area contributed by atoms with Crippen molar-refractivity contribution >= 4 is 19.7 Å². The zero-order valence-corrected chi connectivity index (χ0v) is 13.6. The maximum absolute atomic E-state index is 11.5. The van der Waals surface area contributed by atoms with Crippen LogP contribution in [0.3, 0.4) is 0 Å². The first-order chi connectivity index (χ1) is 8.97. The Labute approximate surface area is 122 Å². The Morgan fingerprint density at radius 1 is 1.11 bits per heavy atom. The molecule has 1 rings (SSSR count). The number of hydrogen-bond acceptors (Lipinski definition) is 3. The van der Waals surface area contributed by atoms with E-state index in [0.29, 0.717) is 6.61 Å². The van der Waals surface area contributed by atoms with Gasteiger partial charge in [-0.2, -0.15) is 0 Å². The molecule has 1 aliphatic carbocycles. The van der Waals surface area contributed by atoms with Crippen LogP contribution in [0.15, 0.2) is 0 Å². The van der Waals surface area contributed by atoms with Gasteiger partial charge < -0.3 is 4.74 Å². The zero-order valence-electron chi connectivity index (χ0n) is 12.0. The molecule has 0 bridgehead atoms. The number of ether oxygens (including phenoxy) is 1. The SMILES string of the molecule is CCCCCOCC1(CS(=O)(=O)Cl)CCCCCC1. The average Bonchev–Trinajstić information content (AvgIpc) is 2.53. The van der Waals surface area contributed by atoms with E-state index in [2.05, 4.69) is 6.92 Å². The molecule has 0 aromatic heterocycles. The van der Waals surface area contributed by atoms with Gasteiger partial charge in [-0.15, -0.1) is 0 Å². The van der Waals surface area contributed by atoms with Gasteiger partial charge >= 0.3 is 0 Å². The van der Waals surface area contributed by atoms with Crippen LogP contribution >= 0.6 is 10.7 Å². The van der Waals surface area contributed by atoms with E-state index < -0.39 is 9.05 Å². The maximum atomic E-state index is 11.5. The summed E-state index contributed by atoms with van der Waals surface area (Å²) in [6.07, 6.45) is 9.81. The summed E-state index contributed by atoms with van der Waals surface area (Å²) >= 11 is 0. The average molecular weight is 311 g/mol. The van der Waals surface area contributed by atoms with Crippen LogP contribution in [-0.2, 0) is 13.8 Å². The second-order valence-electron chi connectivity index (χ2n) is 5.86. The molecule has 0 spiro atoms. The van der Waals surface area contributed by atoms with Gasteiger partial charge in [-0.25, -0.2) is 8.42 Å². The molecule has 0 radical (unpaired) electrons. The Kier molecular flexibility index (Phi) is 7.70. The Morgan fingerprint density at radius 2 is 1.74 bits per heavy atom. The van der Waals surface area contributed by atoms with E-state index in [4.69, 9.17) is 15.4 Å². The lowest BCUT2D eigenvalue weighted by Gasteiger charge is -2.31. The van der Waals surface area contributed by atoms with Crippen molar-refractivity contribution < 1.29 is 13.2 Å². The summed E-state index contributed by atoms with van der Waals surface area (Å²) in [7, 11) is 2.03. The van der Waals surface area contributed by atoms with Gasteiger partial charge in [0.25, 0.3) is 0 Å². The summed E-state index contributed by atoms with van der Waals surface area (Å²) in [6.45, 7) is 3.44. The van der Waals surface area contributed by atoms with E-state index in [1.807, 2.05) is 0 Å². The minimum Gasteiger partial charge on any atom is -0.381 e. The lowest BCUT2D eigenvalue weighted by Crippen LogP contribution is -2.33. The van der Waals surface area contributed by atoms with Crippen LogP contribution in [0.5, 0.6) is 0 Å². The Morgan fingerprint density at radius 3 is 2.26 bits per heavy atom. The van der Waals surface area contributed by atoms with Crippen molar-refractivity contribution in [2.75, 3.05) is 19.0 Å². The molecule has 0 atom stereocenters. The van der Waals surface area contributed by atoms with Crippen LogP contribution in [0.2, 0.25) is 0 Å². The molecule has 0 aliphatic heterocycles. The minimum atomic E-state index is -3.45. The van der Waals surface area contributed by atoms with Gasteiger partial charge in [0.15, 0.2) is 0 Å². The molecular weight excluding hydrogens is 284 g/mol. The Hall–Kier alpha value is 0.200. The summed E-state index contributed by atoms with van der Waals surface area (Å²) in [5.74, 6) is 0.0648. The smallest absolute Gasteiger partial charge is 0.233 e. The summed E-state index contributed by atoms with van der Waals surface area (Å²) in [4.78, 5) is 0. The topological polar surface area (TPSA) is 43.4 Å². The molecular formula is C14H27ClO3S. The van der Waals surface area contributed by atoms with Gasteiger partial charge in [0.05, 0.1) is 12.4 Å². The van der Waals surface area contributed by atoms with Gasteiger partial charge in [0, 0.05) is 22.7 Å². The molecule has 5 heteroatoms. The zero-order chi connectivity index (χ0) is 14.2. The molecule has 1 saturated carbocycles. The van der Waals surface area contributed by atoms with Crippen molar-refractivity contribution in [3.63, 3.8) is 0 Å². The highest BCUT2D eigenvalue weighted by Crippen LogP contribution is 2.37. The van der Waals surface area contributed by atoms with Crippen molar-refractivity contribution in [3.05, 3.63) is 0 Å². The summed E-state index contributed by atoms with van der Waals surface area (Å²) < 4.78 is 28.7. The van der Waals surface area contributed by atoms with Crippen molar-refractivity contribution in [2.24, 2.45) is 5.41 Å². The van der Waals surface area contributed by atoms with Gasteiger partial charge in [-0.05, 0) is 19.3 Å². The highest BCUT2D eigenvalue weighted by Gasteiger charge is 2.35. The fraction of sp³-hybridized carbons (Fsp3) is 1.00. The summed E-state index contributed by atoms with van der Waals surface area (Å²) in [6, 6.07) is 0. The Bertz CT molecular complexity index is 333. The van der Waals surface area contributed by atoms with E-state index in [1.165, 1.54) is 25.7 Å². The molecule has 0 amide bonds. The van der Waals surface area contributed by atoms with E-state index in [1.54, 1.807) is 0 Å². The first-order valence-electron chi connectivity index (χ1n) is 7.47. The van der Waals surface area contributed by atoms with E-state index >= 15 is 0 Å². The van der Waals surface area contributed by atoms with Crippen LogP contribution in [0.25, 0.3) is 0 Å². The number of unbranched alkanes of at least 4 members (excludes halogenated alkanes) is 2. The van der Waals surface area contributed by atoms with Crippen molar-refractivity contribution in [3.8, 4) is 0 Å². The summed E-state index contributed by atoms with van der Waals surface area (Å²) in [5, 5.41) is 0. The molecule has 0 saturated heterocycles. The largest absolute Gasteiger partial charge is 0.381 e. The van der Waals surface area contributed by atoms with Gasteiger partial charge in [-0.1, -0.05) is 45.4 Å². The first kappa shape index (κ1) is 17.3. The molecule has 0 aromatic rings. The second-order valence-corrected chi connectivity index (χ2v) is 8.63. The first-order valence-corrected chi connectivity index (χ1v) is 9.95. The molecule has 0 heterocycles. The number of halogens is 1. The molecule has 3 nitrogen and oxygen atoms in total. The van der Waals surface area contributed by atoms with Crippen LogP contribution in [-0.4, -0.2) is 27.4 Å². The molecule has 1 aliphatic rings. The van der Waals surface area contributed by atoms with E-state index in [0.717, 1.165) is 38.7 Å². The molecule has 19 heavy (non-hydrogen) atoms. The van der Waals surface area contributed by atoms with Crippen LogP contribution in [0, 0.1) is 5.41 Å². The predicted molar refractivity (Wildman–Crippen MR) is 80.1 cm³/mol. The minimum absolute atomic E-state index is 0.0648. The highest BCUT2D eigenvalue weighted by molar-refractivity contribution is 8.13. The van der Waals surface area contributed by atoms with Crippen LogP contribution in [0.4, 0.5) is 0 Å². The fourth-order valence-corrected chi connectivity index (χ4v) is 4.72. The third-order valence-corrected chi connectivity index (χ3v) is 5.23. The van der Waals surface area contributed by atoms with Crippen molar-refractivity contribution in [2.45, 2.75) is 64.7 Å². The Balaban J connectivity index is 2.53. The monoisotopic (exact) mass is 310 g/mol. The third-order valence-electron chi connectivity index (χ3n) is 3.94. The standard InChI is InChI=1S/C14H27ClO3S/c1-2-3-8-11-18-12-14(13-19(15,16)17)9-6-4-5-7-10-14/h2-13H2,1H3. The lowest BCUT2D eigenvalue weighted by atomic mass is 9.83. The third kappa shape index (κ3) is 7.52. The van der Waals surface area contributed by atoms with E-state index in [9.17, 15) is 8.42 Å². The highest BCUT2D eigenvalue weighted by atomic mass is 35.7. The predicted octanol–water partition coefficient (Wildman–Crippen LogP) is 4.10. The normalized spacial score (nSPS) is 20.1. The van der Waals surface area contributed by atoms with Gasteiger partial charge in [-0.3, -0.25) is 0 Å². The van der Waals surface area contributed by atoms with Crippen molar-refractivity contribution in [1.29, 1.82) is 0 Å². The molecule has 0 aromatic carbocycles. The molecule has 0 unspecified atom stereocenters. The van der Waals surface area contributed by atoms with E-state index in [-0.39, 0.29) is 11.2 Å². The summed E-state index contributed by atoms with van der Waals surface area (Å²) in [5.41, 5.74) is -0.247. The van der Waals surface area contributed by atoms with Gasteiger partial charge in [0.2, 0.25) is 9.05 Å². The molecule has 0 N–H and O–H groups in total. The maximum Gasteiger partial charge on any atom is 0.233 e. The fourth-order valence-electron chi connectivity index (χ4n) is 2.92.